The first-order valence-corrected chi connectivity index (χ1v) is 13.7. The fourth-order valence-electron chi connectivity index (χ4n) is 7.25. The summed E-state index contributed by atoms with van der Waals surface area (Å²) in [5.74, 6) is 2.20. The average molecular weight is 513 g/mol. The van der Waals surface area contributed by atoms with E-state index in [1.54, 1.807) is 0 Å². The number of aliphatic hydroxyl groups excluding tert-OH is 1. The Balaban J connectivity index is 1.15. The van der Waals surface area contributed by atoms with Gasteiger partial charge in [-0.2, -0.15) is 0 Å². The van der Waals surface area contributed by atoms with Gasteiger partial charge in [0, 0.05) is 28.6 Å². The summed E-state index contributed by atoms with van der Waals surface area (Å²) < 4.78 is 5.55. The fourth-order valence-corrected chi connectivity index (χ4v) is 7.58. The summed E-state index contributed by atoms with van der Waals surface area (Å²) in [6.45, 7) is 4.91. The van der Waals surface area contributed by atoms with Gasteiger partial charge in [0.2, 0.25) is 5.91 Å². The van der Waals surface area contributed by atoms with E-state index in [9.17, 15) is 9.90 Å². The molecule has 6 rings (SSSR count). The summed E-state index contributed by atoms with van der Waals surface area (Å²) in [7, 11) is 4.23. The number of hydrogen-bond donors (Lipinski definition) is 2. The van der Waals surface area contributed by atoms with Crippen LogP contribution in [0.2, 0.25) is 5.02 Å². The molecule has 8 heteroatoms. The molecule has 6 atom stereocenters. The topological polar surface area (TPSA) is 77.9 Å². The molecule has 2 saturated heterocycles. The van der Waals surface area contributed by atoms with Gasteiger partial charge in [-0.1, -0.05) is 11.6 Å². The number of nitrogens with zero attached hydrogens (tertiary/aromatic N) is 3. The Hall–Kier alpha value is -1.77. The van der Waals surface area contributed by atoms with Crippen LogP contribution < -0.4 is 5.32 Å². The zero-order valence-electron chi connectivity index (χ0n) is 21.4. The smallest absolute Gasteiger partial charge is 0.229 e. The van der Waals surface area contributed by atoms with Crippen molar-refractivity contribution in [2.75, 3.05) is 45.7 Å². The number of carbonyl (C=O) groups excluding carboxylic acids is 1. The third-order valence-corrected chi connectivity index (χ3v) is 9.90. The second-order valence-electron chi connectivity index (χ2n) is 11.8. The van der Waals surface area contributed by atoms with Crippen LogP contribution in [0.5, 0.6) is 0 Å². The number of rotatable bonds is 5. The zero-order chi connectivity index (χ0) is 25.2. The maximum Gasteiger partial charge on any atom is 0.229 e. The van der Waals surface area contributed by atoms with Crippen molar-refractivity contribution in [3.8, 4) is 0 Å². The Labute approximate surface area is 218 Å². The van der Waals surface area contributed by atoms with E-state index >= 15 is 0 Å². The Morgan fingerprint density at radius 3 is 2.67 bits per heavy atom. The van der Waals surface area contributed by atoms with E-state index in [4.69, 9.17) is 16.3 Å². The van der Waals surface area contributed by atoms with Crippen molar-refractivity contribution < 1.29 is 14.6 Å². The van der Waals surface area contributed by atoms with Crippen LogP contribution in [0.1, 0.15) is 44.1 Å². The summed E-state index contributed by atoms with van der Waals surface area (Å²) in [5, 5.41) is 16.3. The van der Waals surface area contributed by atoms with Gasteiger partial charge in [-0.25, -0.2) is 4.98 Å². The molecule has 0 radical (unpaired) electrons. The summed E-state index contributed by atoms with van der Waals surface area (Å²) in [4.78, 5) is 22.2. The van der Waals surface area contributed by atoms with Crippen molar-refractivity contribution in [3.63, 3.8) is 0 Å². The molecule has 1 unspecified atom stereocenters. The Bertz CT molecular complexity index is 1170. The van der Waals surface area contributed by atoms with E-state index in [0.717, 1.165) is 53.7 Å². The van der Waals surface area contributed by atoms with Gasteiger partial charge in [-0.05, 0) is 107 Å². The number of amides is 1. The fraction of sp³-hybridized carbons (Fsp3) is 0.643. The number of piperidine rings is 1. The molecule has 3 heterocycles. The average Bonchev–Trinajstić information content (AvgIpc) is 3.21. The van der Waals surface area contributed by atoms with Crippen LogP contribution in [-0.2, 0) is 9.53 Å². The van der Waals surface area contributed by atoms with Crippen LogP contribution in [0.15, 0.2) is 24.4 Å². The standard InChI is InChI=1S/C28H37ClN4O3/c1-28(15-36-14-23(28)34)33-8-6-16(7-9-33)20-10-17-12-24(30-13-18(17)11-21(20)29)31-27(35)26-19-4-5-22(25(19)26)32(2)3/h10-13,16,19,22-23,25-26,34H,4-9,14-15H2,1-3H3,(H,30,31,35)/t19-,22?,23+,25-,26-,28-/m1/s1. The van der Waals surface area contributed by atoms with Gasteiger partial charge in [-0.3, -0.25) is 9.69 Å². The number of halogens is 1. The highest BCUT2D eigenvalue weighted by Crippen LogP contribution is 2.59. The van der Waals surface area contributed by atoms with Gasteiger partial charge in [-0.15, -0.1) is 0 Å². The van der Waals surface area contributed by atoms with E-state index in [1.807, 2.05) is 18.3 Å². The number of benzene rings is 1. The minimum atomic E-state index is -0.441. The molecule has 4 fully saturated rings. The number of pyridine rings is 1. The van der Waals surface area contributed by atoms with Gasteiger partial charge < -0.3 is 20.1 Å². The number of hydrogen-bond acceptors (Lipinski definition) is 6. The van der Waals surface area contributed by atoms with Crippen LogP contribution >= 0.6 is 11.6 Å². The molecule has 1 amide bonds. The molecule has 7 nitrogen and oxygen atoms in total. The summed E-state index contributed by atoms with van der Waals surface area (Å²) in [6.07, 6.45) is 5.67. The second-order valence-corrected chi connectivity index (χ2v) is 12.2. The molecular formula is C28H37ClN4O3. The number of aromatic nitrogens is 1. The lowest BCUT2D eigenvalue weighted by atomic mass is 9.85. The minimum Gasteiger partial charge on any atom is -0.389 e. The highest BCUT2D eigenvalue weighted by Gasteiger charge is 2.61. The molecule has 0 spiro atoms. The molecule has 0 bridgehead atoms. The van der Waals surface area contributed by atoms with Crippen molar-refractivity contribution in [1.82, 2.24) is 14.8 Å². The first kappa shape index (κ1) is 24.6. The molecule has 4 aliphatic rings. The Kier molecular flexibility index (Phi) is 6.28. The molecule has 2 N–H and O–H groups in total. The van der Waals surface area contributed by atoms with Crippen molar-refractivity contribution in [2.24, 2.45) is 17.8 Å². The molecule has 1 aromatic carbocycles. The predicted octanol–water partition coefficient (Wildman–Crippen LogP) is 3.74. The lowest BCUT2D eigenvalue weighted by Gasteiger charge is -2.43. The van der Waals surface area contributed by atoms with E-state index < -0.39 is 6.10 Å². The second kappa shape index (κ2) is 9.21. The highest BCUT2D eigenvalue weighted by molar-refractivity contribution is 6.32. The maximum atomic E-state index is 13.0. The van der Waals surface area contributed by atoms with Gasteiger partial charge in [0.05, 0.1) is 24.9 Å². The van der Waals surface area contributed by atoms with Gasteiger partial charge in [0.25, 0.3) is 0 Å². The lowest BCUT2D eigenvalue weighted by molar-refractivity contribution is -0.118. The molecule has 1 aromatic heterocycles. The summed E-state index contributed by atoms with van der Waals surface area (Å²) in [6, 6.07) is 6.67. The molecular weight excluding hydrogens is 476 g/mol. The van der Waals surface area contributed by atoms with Crippen LogP contribution in [-0.4, -0.2) is 83.9 Å². The van der Waals surface area contributed by atoms with Gasteiger partial charge in [0.1, 0.15) is 5.82 Å². The van der Waals surface area contributed by atoms with E-state index in [2.05, 4.69) is 47.2 Å². The number of ether oxygens (including phenoxy) is 1. The molecule has 194 valence electrons. The largest absolute Gasteiger partial charge is 0.389 e. The maximum absolute atomic E-state index is 13.0. The van der Waals surface area contributed by atoms with Crippen molar-refractivity contribution >= 4 is 34.1 Å². The van der Waals surface area contributed by atoms with Crippen LogP contribution in [0.25, 0.3) is 10.8 Å². The SMILES string of the molecule is CN(C)C1CC[C@H]2[C@@H](C(=O)Nc3cc4cc(C5CCN([C@]6(C)COC[C@@H]6O)CC5)c(Cl)cc4cn3)[C@@H]12. The molecule has 2 aliphatic carbocycles. The highest BCUT2D eigenvalue weighted by atomic mass is 35.5. The first-order chi connectivity index (χ1) is 17.3. The van der Waals surface area contributed by atoms with Crippen LogP contribution in [0.4, 0.5) is 5.82 Å². The number of fused-ring (bicyclic) bond motifs is 2. The Morgan fingerprint density at radius 1 is 1.19 bits per heavy atom. The zero-order valence-corrected chi connectivity index (χ0v) is 22.2. The van der Waals surface area contributed by atoms with Gasteiger partial charge in [0.15, 0.2) is 0 Å². The molecule has 2 aromatic rings. The van der Waals surface area contributed by atoms with E-state index in [-0.39, 0.29) is 17.4 Å². The summed E-state index contributed by atoms with van der Waals surface area (Å²) in [5.41, 5.74) is 0.856. The quantitative estimate of drug-likeness (QED) is 0.635. The third kappa shape index (κ3) is 4.13. The number of likely N-dealkylation sites (tertiary alicyclic amines) is 1. The van der Waals surface area contributed by atoms with Crippen LogP contribution in [0.3, 0.4) is 0 Å². The normalized spacial score (nSPS) is 34.9. The molecule has 2 aliphatic heterocycles. The van der Waals surface area contributed by atoms with E-state index in [0.29, 0.717) is 42.8 Å². The first-order valence-electron chi connectivity index (χ1n) is 13.3. The lowest BCUT2D eigenvalue weighted by Crippen LogP contribution is -2.56. The number of nitrogens with one attached hydrogen (secondary N) is 1. The van der Waals surface area contributed by atoms with E-state index in [1.165, 1.54) is 6.42 Å². The van der Waals surface area contributed by atoms with Crippen molar-refractivity contribution in [1.29, 1.82) is 0 Å². The number of aliphatic hydroxyl groups is 1. The monoisotopic (exact) mass is 512 g/mol. The Morgan fingerprint density at radius 2 is 1.97 bits per heavy atom. The number of anilines is 1. The van der Waals surface area contributed by atoms with Gasteiger partial charge >= 0.3 is 0 Å². The molecule has 2 saturated carbocycles. The molecule has 36 heavy (non-hydrogen) atoms. The summed E-state index contributed by atoms with van der Waals surface area (Å²) >= 11 is 6.74. The predicted molar refractivity (Wildman–Crippen MR) is 141 cm³/mol. The van der Waals surface area contributed by atoms with Crippen molar-refractivity contribution in [3.05, 3.63) is 35.0 Å². The minimum absolute atomic E-state index is 0.108. The number of carbonyl (C=O) groups is 1. The van der Waals surface area contributed by atoms with Crippen molar-refractivity contribution in [2.45, 2.75) is 56.2 Å². The van der Waals surface area contributed by atoms with Crippen LogP contribution in [0, 0.1) is 17.8 Å². The third-order valence-electron chi connectivity index (χ3n) is 9.57.